The second-order valence-corrected chi connectivity index (χ2v) is 4.04. The summed E-state index contributed by atoms with van der Waals surface area (Å²) in [6, 6.07) is 1.95. The number of nitrogens with zero attached hydrogens (tertiary/aromatic N) is 1. The van der Waals surface area contributed by atoms with Gasteiger partial charge in [0.05, 0.1) is 10.6 Å². The zero-order valence-corrected chi connectivity index (χ0v) is 8.44. The number of rotatable bonds is 2. The van der Waals surface area contributed by atoms with Gasteiger partial charge >= 0.3 is 5.69 Å². The number of hydrogen-bond acceptors (Lipinski definition) is 4. The molecule has 0 aliphatic rings. The van der Waals surface area contributed by atoms with Gasteiger partial charge < -0.3 is 5.73 Å². The Hall–Kier alpha value is -1.56. The Balaban J connectivity index is 2.50. The molecule has 2 aromatic heterocycles. The van der Waals surface area contributed by atoms with Gasteiger partial charge in [-0.3, -0.25) is 4.98 Å². The molecule has 0 unspecified atom stereocenters. The van der Waals surface area contributed by atoms with Gasteiger partial charge in [-0.05, 0) is 12.5 Å². The van der Waals surface area contributed by atoms with Gasteiger partial charge in [-0.1, -0.05) is 6.92 Å². The average Bonchev–Trinajstić information content (AvgIpc) is 2.71. The predicted octanol–water partition coefficient (Wildman–Crippen LogP) is 0.971. The first kappa shape index (κ1) is 9.01. The van der Waals surface area contributed by atoms with Gasteiger partial charge in [0, 0.05) is 4.88 Å². The fourth-order valence-corrected chi connectivity index (χ4v) is 2.08. The monoisotopic (exact) mass is 210 g/mol. The summed E-state index contributed by atoms with van der Waals surface area (Å²) in [6.07, 6.45) is 0.934. The van der Waals surface area contributed by atoms with E-state index >= 15 is 0 Å². The summed E-state index contributed by atoms with van der Waals surface area (Å²) in [4.78, 5) is 14.6. The van der Waals surface area contributed by atoms with Gasteiger partial charge in [0.15, 0.2) is 5.82 Å². The highest BCUT2D eigenvalue weighted by atomic mass is 32.1. The lowest BCUT2D eigenvalue weighted by Crippen LogP contribution is -2.00. The normalized spacial score (nSPS) is 10.6. The fourth-order valence-electron chi connectivity index (χ4n) is 1.21. The molecule has 0 amide bonds. The lowest BCUT2D eigenvalue weighted by Gasteiger charge is -1.90. The zero-order valence-electron chi connectivity index (χ0n) is 7.63. The number of nitrogens with two attached hydrogens (primary N) is 1. The molecule has 0 spiro atoms. The largest absolute Gasteiger partial charge is 0.390 e. The number of anilines is 1. The van der Waals surface area contributed by atoms with Crippen molar-refractivity contribution in [2.75, 3.05) is 5.73 Å². The van der Waals surface area contributed by atoms with Crippen molar-refractivity contribution >= 4 is 16.3 Å². The molecule has 2 aromatic rings. The quantitative estimate of drug-likeness (QED) is 0.690. The van der Waals surface area contributed by atoms with Crippen molar-refractivity contribution in [2.24, 2.45) is 0 Å². The molecule has 0 aromatic carbocycles. The third kappa shape index (κ3) is 1.44. The van der Waals surface area contributed by atoms with Crippen molar-refractivity contribution in [3.63, 3.8) is 0 Å². The first-order chi connectivity index (χ1) is 6.70. The lowest BCUT2D eigenvalue weighted by molar-refractivity contribution is 1.05. The summed E-state index contributed by atoms with van der Waals surface area (Å²) < 4.78 is 0. The standard InChI is InChI=1S/C8H10N4OS/c1-2-4-3-5(6(9)14-4)7-10-8(13)12-11-7/h3H,2,9H2,1H3,(H2,10,11,12,13). The predicted molar refractivity (Wildman–Crippen MR) is 56.3 cm³/mol. The summed E-state index contributed by atoms with van der Waals surface area (Å²) >= 11 is 1.52. The molecule has 0 radical (unpaired) electrons. The van der Waals surface area contributed by atoms with E-state index in [4.69, 9.17) is 5.73 Å². The van der Waals surface area contributed by atoms with Crippen LogP contribution >= 0.6 is 11.3 Å². The van der Waals surface area contributed by atoms with Crippen LogP contribution in [0.25, 0.3) is 11.4 Å². The molecule has 5 nitrogen and oxygen atoms in total. The molecule has 14 heavy (non-hydrogen) atoms. The Morgan fingerprint density at radius 2 is 2.43 bits per heavy atom. The molecule has 2 heterocycles. The summed E-state index contributed by atoms with van der Waals surface area (Å²) in [6.45, 7) is 2.06. The first-order valence-corrected chi connectivity index (χ1v) is 5.05. The Morgan fingerprint density at radius 1 is 1.64 bits per heavy atom. The second kappa shape index (κ2) is 3.30. The SMILES string of the molecule is CCc1cc(-c2n[nH]c(=O)[nH]2)c(N)s1. The fraction of sp³-hybridized carbons (Fsp3) is 0.250. The Morgan fingerprint density at radius 3 is 2.93 bits per heavy atom. The third-order valence-corrected chi connectivity index (χ3v) is 3.03. The number of thiophene rings is 1. The highest BCUT2D eigenvalue weighted by molar-refractivity contribution is 7.16. The van der Waals surface area contributed by atoms with Crippen molar-refractivity contribution in [1.29, 1.82) is 0 Å². The molecule has 0 fully saturated rings. The van der Waals surface area contributed by atoms with Crippen LogP contribution in [0.15, 0.2) is 10.9 Å². The minimum Gasteiger partial charge on any atom is -0.390 e. The van der Waals surface area contributed by atoms with Gasteiger partial charge in [-0.15, -0.1) is 11.3 Å². The number of H-pyrrole nitrogens is 2. The number of nitrogens with one attached hydrogen (secondary N) is 2. The molecule has 0 atom stereocenters. The minimum atomic E-state index is -0.316. The summed E-state index contributed by atoms with van der Waals surface area (Å²) in [5.41, 5.74) is 6.28. The van der Waals surface area contributed by atoms with Crippen LogP contribution in [0.5, 0.6) is 0 Å². The minimum absolute atomic E-state index is 0.316. The molecule has 0 bridgehead atoms. The maximum Gasteiger partial charge on any atom is 0.340 e. The van der Waals surface area contributed by atoms with Crippen molar-refractivity contribution in [2.45, 2.75) is 13.3 Å². The van der Waals surface area contributed by atoms with E-state index in [9.17, 15) is 4.79 Å². The van der Waals surface area contributed by atoms with E-state index in [-0.39, 0.29) is 5.69 Å². The first-order valence-electron chi connectivity index (χ1n) is 4.24. The molecule has 4 N–H and O–H groups in total. The van der Waals surface area contributed by atoms with Crippen LogP contribution in [0.2, 0.25) is 0 Å². The number of aryl methyl sites for hydroxylation is 1. The van der Waals surface area contributed by atoms with E-state index < -0.39 is 0 Å². The van der Waals surface area contributed by atoms with Crippen molar-refractivity contribution in [3.05, 3.63) is 21.4 Å². The number of aromatic amines is 2. The number of hydrogen-bond donors (Lipinski definition) is 3. The van der Waals surface area contributed by atoms with Gasteiger partial charge in [0.2, 0.25) is 0 Å². The topological polar surface area (TPSA) is 87.6 Å². The van der Waals surface area contributed by atoms with Crippen molar-refractivity contribution < 1.29 is 0 Å². The highest BCUT2D eigenvalue weighted by Crippen LogP contribution is 2.31. The Bertz CT molecular complexity index is 495. The van der Waals surface area contributed by atoms with Crippen LogP contribution in [0, 0.1) is 0 Å². The average molecular weight is 210 g/mol. The van der Waals surface area contributed by atoms with E-state index in [2.05, 4.69) is 22.1 Å². The van der Waals surface area contributed by atoms with E-state index in [1.54, 1.807) is 0 Å². The van der Waals surface area contributed by atoms with Gasteiger partial charge in [-0.25, -0.2) is 9.89 Å². The summed E-state index contributed by atoms with van der Waals surface area (Å²) in [5.74, 6) is 0.503. The van der Waals surface area contributed by atoms with Crippen molar-refractivity contribution in [3.8, 4) is 11.4 Å². The van der Waals surface area contributed by atoms with Crippen molar-refractivity contribution in [1.82, 2.24) is 15.2 Å². The van der Waals surface area contributed by atoms with E-state index in [1.165, 1.54) is 16.2 Å². The van der Waals surface area contributed by atoms with E-state index in [1.807, 2.05) is 6.07 Å². The Kier molecular flexibility index (Phi) is 2.12. The molecular formula is C8H10N4OS. The number of aromatic nitrogens is 3. The molecule has 0 aliphatic carbocycles. The van der Waals surface area contributed by atoms with Crippen LogP contribution in [0.4, 0.5) is 5.00 Å². The van der Waals surface area contributed by atoms with Gasteiger partial charge in [0.1, 0.15) is 0 Å². The maximum absolute atomic E-state index is 10.8. The molecular weight excluding hydrogens is 200 g/mol. The zero-order chi connectivity index (χ0) is 10.1. The molecule has 0 aliphatic heterocycles. The molecule has 74 valence electrons. The highest BCUT2D eigenvalue weighted by Gasteiger charge is 2.10. The molecule has 6 heteroatoms. The summed E-state index contributed by atoms with van der Waals surface area (Å²) in [5, 5.41) is 6.82. The maximum atomic E-state index is 10.8. The number of nitrogen functional groups attached to an aromatic ring is 1. The summed E-state index contributed by atoms with van der Waals surface area (Å²) in [7, 11) is 0. The van der Waals surface area contributed by atoms with Crippen LogP contribution < -0.4 is 11.4 Å². The van der Waals surface area contributed by atoms with Gasteiger partial charge in [0.25, 0.3) is 0 Å². The lowest BCUT2D eigenvalue weighted by atomic mass is 10.2. The molecule has 0 saturated heterocycles. The van der Waals surface area contributed by atoms with Crippen LogP contribution in [0.3, 0.4) is 0 Å². The second-order valence-electron chi connectivity index (χ2n) is 2.87. The van der Waals surface area contributed by atoms with Crippen LogP contribution in [-0.4, -0.2) is 15.2 Å². The van der Waals surface area contributed by atoms with E-state index in [0.717, 1.165) is 12.0 Å². The molecule has 2 rings (SSSR count). The van der Waals surface area contributed by atoms with Gasteiger partial charge in [-0.2, -0.15) is 5.10 Å². The Labute approximate surface area is 84.0 Å². The van der Waals surface area contributed by atoms with Crippen LogP contribution in [0.1, 0.15) is 11.8 Å². The molecule has 0 saturated carbocycles. The smallest absolute Gasteiger partial charge is 0.340 e. The van der Waals surface area contributed by atoms with Crippen LogP contribution in [-0.2, 0) is 6.42 Å². The van der Waals surface area contributed by atoms with E-state index in [0.29, 0.717) is 10.8 Å². The third-order valence-electron chi connectivity index (χ3n) is 1.92.